The maximum Gasteiger partial charge on any atom is 0.229 e. The minimum Gasteiger partial charge on any atom is -0.507 e. The number of aliphatic hydroxyl groups excluding tert-OH is 5. The molecule has 4 rings (SSSR count). The molecule has 0 spiro atoms. The molecule has 7 atom stereocenters. The van der Waals surface area contributed by atoms with Gasteiger partial charge in [0.1, 0.15) is 47.2 Å². The van der Waals surface area contributed by atoms with Crippen molar-refractivity contribution in [3.63, 3.8) is 0 Å². The number of benzene rings is 2. The molecule has 1 fully saturated rings. The van der Waals surface area contributed by atoms with Gasteiger partial charge in [-0.1, -0.05) is 6.07 Å². The quantitative estimate of drug-likeness (QED) is 0.246. The number of hydrogen-bond donors (Lipinski definition) is 8. The standard InChI is InChI=1S/C21H22O12/c22-6-13-15(26)17(28)19(30)21(33-13)31-8-4-11(25)14-12(5-8)32-20(18(29)16(14)27)7-1-2-9(23)10(24)3-7/h1-5,13,15,17-26,28-30H,6H2/t13-,15-,17+,18+,19-,20-,21+/m1/s1. The monoisotopic (exact) mass is 466 g/mol. The second-order valence-corrected chi connectivity index (χ2v) is 7.73. The molecule has 12 nitrogen and oxygen atoms in total. The first-order valence-corrected chi connectivity index (χ1v) is 9.87. The number of ether oxygens (including phenoxy) is 3. The van der Waals surface area contributed by atoms with E-state index in [1.807, 2.05) is 0 Å². The van der Waals surface area contributed by atoms with Crippen molar-refractivity contribution in [2.75, 3.05) is 6.61 Å². The molecular weight excluding hydrogens is 444 g/mol. The number of aromatic hydroxyl groups is 3. The van der Waals surface area contributed by atoms with Gasteiger partial charge in [-0.2, -0.15) is 0 Å². The average molecular weight is 466 g/mol. The van der Waals surface area contributed by atoms with Crippen LogP contribution in [0.15, 0.2) is 30.3 Å². The Kier molecular flexibility index (Phi) is 6.05. The van der Waals surface area contributed by atoms with Gasteiger partial charge in [0.05, 0.1) is 6.61 Å². The molecule has 2 heterocycles. The third kappa shape index (κ3) is 4.04. The number of hydrogen-bond acceptors (Lipinski definition) is 12. The van der Waals surface area contributed by atoms with Gasteiger partial charge >= 0.3 is 0 Å². The fraction of sp³-hybridized carbons (Fsp3) is 0.381. The first-order chi connectivity index (χ1) is 15.6. The number of phenols is 3. The first-order valence-electron chi connectivity index (χ1n) is 9.87. The van der Waals surface area contributed by atoms with E-state index in [-0.39, 0.29) is 22.6 Å². The van der Waals surface area contributed by atoms with Crippen molar-refractivity contribution in [1.82, 2.24) is 0 Å². The highest BCUT2D eigenvalue weighted by atomic mass is 16.7. The van der Waals surface area contributed by atoms with E-state index in [0.717, 1.165) is 18.2 Å². The van der Waals surface area contributed by atoms with Crippen LogP contribution in [-0.4, -0.2) is 90.1 Å². The molecule has 0 aliphatic carbocycles. The Labute approximate surface area is 186 Å². The zero-order chi connectivity index (χ0) is 24.0. The Morgan fingerprint density at radius 3 is 2.27 bits per heavy atom. The zero-order valence-electron chi connectivity index (χ0n) is 16.8. The SMILES string of the molecule is O=C1c2c(O)cc(O[C@H]3O[C@H](CO)[C@@H](O)[C@H](O)[C@H]3O)cc2O[C@H](c2ccc(O)c(O)c2)[C@H]1O. The summed E-state index contributed by atoms with van der Waals surface area (Å²) in [5.41, 5.74) is -0.167. The van der Waals surface area contributed by atoms with Crippen molar-refractivity contribution >= 4 is 5.78 Å². The van der Waals surface area contributed by atoms with Gasteiger partial charge in [-0.3, -0.25) is 4.79 Å². The van der Waals surface area contributed by atoms with Crippen LogP contribution < -0.4 is 9.47 Å². The summed E-state index contributed by atoms with van der Waals surface area (Å²) in [5.74, 6) is -2.74. The number of fused-ring (bicyclic) bond motifs is 1. The maximum atomic E-state index is 12.7. The lowest BCUT2D eigenvalue weighted by Gasteiger charge is -2.39. The van der Waals surface area contributed by atoms with Crippen LogP contribution in [0.3, 0.4) is 0 Å². The van der Waals surface area contributed by atoms with E-state index in [1.54, 1.807) is 0 Å². The van der Waals surface area contributed by atoms with Crippen molar-refractivity contribution < 1.29 is 59.9 Å². The molecular formula is C21H22O12. The molecule has 2 aromatic carbocycles. The van der Waals surface area contributed by atoms with Crippen molar-refractivity contribution in [1.29, 1.82) is 0 Å². The molecule has 178 valence electrons. The topological polar surface area (TPSA) is 207 Å². The second-order valence-electron chi connectivity index (χ2n) is 7.73. The lowest BCUT2D eigenvalue weighted by atomic mass is 9.92. The molecule has 2 aliphatic rings. The predicted molar refractivity (Wildman–Crippen MR) is 106 cm³/mol. The Bertz CT molecular complexity index is 1050. The molecule has 8 N–H and O–H groups in total. The maximum absolute atomic E-state index is 12.7. The average Bonchev–Trinajstić information content (AvgIpc) is 2.78. The van der Waals surface area contributed by atoms with Gasteiger partial charge in [-0.25, -0.2) is 0 Å². The van der Waals surface area contributed by atoms with E-state index in [4.69, 9.17) is 14.2 Å². The van der Waals surface area contributed by atoms with Crippen molar-refractivity contribution in [2.45, 2.75) is 42.9 Å². The molecule has 0 unspecified atom stereocenters. The minimum atomic E-state index is -1.73. The van der Waals surface area contributed by atoms with E-state index in [9.17, 15) is 45.6 Å². The summed E-state index contributed by atoms with van der Waals surface area (Å²) < 4.78 is 16.4. The van der Waals surface area contributed by atoms with E-state index in [2.05, 4.69) is 0 Å². The summed E-state index contributed by atoms with van der Waals surface area (Å²) in [7, 11) is 0. The molecule has 1 saturated heterocycles. The molecule has 0 amide bonds. The molecule has 2 aromatic rings. The molecule has 33 heavy (non-hydrogen) atoms. The highest BCUT2D eigenvalue weighted by Crippen LogP contribution is 2.43. The summed E-state index contributed by atoms with van der Waals surface area (Å²) in [4.78, 5) is 12.7. The lowest BCUT2D eigenvalue weighted by molar-refractivity contribution is -0.277. The Morgan fingerprint density at radius 2 is 1.61 bits per heavy atom. The fourth-order valence-corrected chi connectivity index (χ4v) is 3.74. The van der Waals surface area contributed by atoms with Gasteiger partial charge in [-0.05, 0) is 17.7 Å². The third-order valence-corrected chi connectivity index (χ3v) is 5.54. The normalized spacial score (nSPS) is 31.5. The van der Waals surface area contributed by atoms with Crippen LogP contribution in [0.5, 0.6) is 28.7 Å². The van der Waals surface area contributed by atoms with Crippen LogP contribution in [0.1, 0.15) is 22.0 Å². The van der Waals surface area contributed by atoms with Gasteiger partial charge in [0, 0.05) is 12.1 Å². The highest BCUT2D eigenvalue weighted by molar-refractivity contribution is 6.05. The Hall–Kier alpha value is -3.13. The van der Waals surface area contributed by atoms with Crippen molar-refractivity contribution in [2.24, 2.45) is 0 Å². The van der Waals surface area contributed by atoms with Crippen LogP contribution in [0.2, 0.25) is 0 Å². The van der Waals surface area contributed by atoms with Crippen molar-refractivity contribution in [3.8, 4) is 28.7 Å². The molecule has 12 heteroatoms. The predicted octanol–water partition coefficient (Wildman–Crippen LogP) is -1.34. The minimum absolute atomic E-state index is 0.160. The largest absolute Gasteiger partial charge is 0.507 e. The fourth-order valence-electron chi connectivity index (χ4n) is 3.74. The number of Topliss-reactive ketones (excluding diaryl/α,β-unsaturated/α-hetero) is 1. The van der Waals surface area contributed by atoms with E-state index >= 15 is 0 Å². The summed E-state index contributed by atoms with van der Waals surface area (Å²) in [5, 5.41) is 79.2. The number of ketones is 1. The molecule has 0 radical (unpaired) electrons. The van der Waals surface area contributed by atoms with E-state index < -0.39 is 72.6 Å². The van der Waals surface area contributed by atoms with E-state index in [1.165, 1.54) is 12.1 Å². The van der Waals surface area contributed by atoms with Crippen LogP contribution in [0.4, 0.5) is 0 Å². The molecule has 0 aromatic heterocycles. The van der Waals surface area contributed by atoms with Gasteiger partial charge in [0.15, 0.2) is 23.7 Å². The number of aliphatic hydroxyl groups is 5. The summed E-state index contributed by atoms with van der Waals surface area (Å²) in [6, 6.07) is 5.76. The summed E-state index contributed by atoms with van der Waals surface area (Å²) in [6.45, 7) is -0.670. The Morgan fingerprint density at radius 1 is 0.879 bits per heavy atom. The van der Waals surface area contributed by atoms with Gasteiger partial charge in [0.25, 0.3) is 0 Å². The van der Waals surface area contributed by atoms with Crippen molar-refractivity contribution in [3.05, 3.63) is 41.5 Å². The molecule has 0 saturated carbocycles. The Balaban J connectivity index is 1.64. The highest BCUT2D eigenvalue weighted by Gasteiger charge is 2.45. The number of rotatable bonds is 4. The molecule has 2 aliphatic heterocycles. The van der Waals surface area contributed by atoms with Gasteiger partial charge in [0.2, 0.25) is 12.1 Å². The summed E-state index contributed by atoms with van der Waals surface area (Å²) >= 11 is 0. The first kappa shape index (κ1) is 23.0. The zero-order valence-corrected chi connectivity index (χ0v) is 16.8. The third-order valence-electron chi connectivity index (χ3n) is 5.54. The van der Waals surface area contributed by atoms with Crippen LogP contribution in [-0.2, 0) is 4.74 Å². The smallest absolute Gasteiger partial charge is 0.229 e. The lowest BCUT2D eigenvalue weighted by Crippen LogP contribution is -2.60. The van der Waals surface area contributed by atoms with Crippen LogP contribution in [0.25, 0.3) is 0 Å². The van der Waals surface area contributed by atoms with E-state index in [0.29, 0.717) is 0 Å². The van der Waals surface area contributed by atoms with Crippen LogP contribution >= 0.6 is 0 Å². The number of carbonyl (C=O) groups excluding carboxylic acids is 1. The van der Waals surface area contributed by atoms with Crippen LogP contribution in [0, 0.1) is 0 Å². The number of phenolic OH excluding ortho intramolecular Hbond substituents is 3. The summed E-state index contributed by atoms with van der Waals surface area (Å²) in [6.07, 6.45) is -10.8. The van der Waals surface area contributed by atoms with Gasteiger partial charge in [-0.15, -0.1) is 0 Å². The molecule has 0 bridgehead atoms. The second kappa shape index (κ2) is 8.67. The number of carbonyl (C=O) groups is 1. The van der Waals surface area contributed by atoms with Gasteiger partial charge < -0.3 is 55.1 Å².